The molecule has 0 bridgehead atoms. The van der Waals surface area contributed by atoms with E-state index in [4.69, 9.17) is 16.0 Å². The van der Waals surface area contributed by atoms with Crippen LogP contribution in [0.2, 0.25) is 5.02 Å². The second-order valence-electron chi connectivity index (χ2n) is 6.57. The maximum Gasteiger partial charge on any atom is 0.344 e. The minimum atomic E-state index is -0.405. The maximum absolute atomic E-state index is 12.5. The number of likely N-dealkylation sites (tertiary alicyclic amines) is 1. The van der Waals surface area contributed by atoms with Gasteiger partial charge in [-0.25, -0.2) is 4.79 Å². The fourth-order valence-electron chi connectivity index (χ4n) is 3.54. The van der Waals surface area contributed by atoms with E-state index in [9.17, 15) is 9.90 Å². The van der Waals surface area contributed by atoms with Gasteiger partial charge < -0.3 is 14.4 Å². The van der Waals surface area contributed by atoms with E-state index in [1.54, 1.807) is 36.4 Å². The van der Waals surface area contributed by atoms with Gasteiger partial charge in [-0.1, -0.05) is 23.7 Å². The second kappa shape index (κ2) is 6.54. The number of aromatic hydroxyl groups is 1. The van der Waals surface area contributed by atoms with Crippen LogP contribution in [-0.2, 0) is 6.54 Å². The summed E-state index contributed by atoms with van der Waals surface area (Å²) in [5.41, 5.74) is 2.06. The Labute approximate surface area is 150 Å². The van der Waals surface area contributed by atoms with E-state index in [0.29, 0.717) is 28.3 Å². The Balaban J connectivity index is 1.82. The topological polar surface area (TPSA) is 54.9 Å². The molecule has 4 rings (SSSR count). The zero-order valence-corrected chi connectivity index (χ0v) is 14.5. The van der Waals surface area contributed by atoms with Crippen LogP contribution in [0.5, 0.6) is 5.75 Å². The fourth-order valence-corrected chi connectivity index (χ4v) is 3.66. The molecule has 2 aromatic carbocycles. The number of rotatable bonds is 3. The van der Waals surface area contributed by atoms with Crippen molar-refractivity contribution in [3.63, 3.8) is 0 Å². The van der Waals surface area contributed by atoms with Crippen molar-refractivity contribution >= 4 is 22.6 Å². The van der Waals surface area contributed by atoms with Gasteiger partial charge in [-0.05, 0) is 35.9 Å². The molecule has 25 heavy (non-hydrogen) atoms. The van der Waals surface area contributed by atoms with Gasteiger partial charge >= 0.3 is 5.63 Å². The van der Waals surface area contributed by atoms with Crippen molar-refractivity contribution in [2.45, 2.75) is 19.4 Å². The summed E-state index contributed by atoms with van der Waals surface area (Å²) in [5, 5.41) is 11.7. The number of benzene rings is 2. The Morgan fingerprint density at radius 1 is 1.08 bits per heavy atom. The minimum Gasteiger partial charge on any atom is -0.507 e. The normalized spacial score (nSPS) is 15.1. The van der Waals surface area contributed by atoms with Crippen LogP contribution in [0.4, 0.5) is 0 Å². The molecule has 0 amide bonds. The number of fused-ring (bicyclic) bond motifs is 1. The lowest BCUT2D eigenvalue weighted by molar-refractivity contribution is -0.901. The van der Waals surface area contributed by atoms with Gasteiger partial charge in [0.25, 0.3) is 0 Å². The molecule has 0 radical (unpaired) electrons. The van der Waals surface area contributed by atoms with Crippen molar-refractivity contribution in [2.75, 3.05) is 13.1 Å². The number of nitrogens with one attached hydrogen (secondary N) is 1. The molecule has 3 aromatic rings. The molecule has 1 aliphatic rings. The number of phenolic OH excluding ortho intramolecular Hbond substituents is 1. The smallest absolute Gasteiger partial charge is 0.344 e. The molecule has 1 saturated heterocycles. The van der Waals surface area contributed by atoms with E-state index in [1.807, 2.05) is 6.07 Å². The number of phenols is 1. The molecule has 2 N–H and O–H groups in total. The van der Waals surface area contributed by atoms with Gasteiger partial charge in [-0.3, -0.25) is 0 Å². The van der Waals surface area contributed by atoms with E-state index in [0.717, 1.165) is 24.0 Å². The minimum absolute atomic E-state index is 0.189. The van der Waals surface area contributed by atoms with Crippen LogP contribution in [0.3, 0.4) is 0 Å². The van der Waals surface area contributed by atoms with Crippen LogP contribution in [0.15, 0.2) is 51.7 Å². The molecule has 1 aliphatic heterocycles. The monoisotopic (exact) mass is 356 g/mol. The molecule has 0 unspecified atom stereocenters. The second-order valence-corrected chi connectivity index (χ2v) is 7.01. The average molecular weight is 357 g/mol. The van der Waals surface area contributed by atoms with Crippen molar-refractivity contribution in [1.29, 1.82) is 0 Å². The highest BCUT2D eigenvalue weighted by atomic mass is 35.5. The van der Waals surface area contributed by atoms with E-state index in [-0.39, 0.29) is 5.75 Å². The Bertz CT molecular complexity index is 973. The molecular formula is C20H19ClNO3+. The van der Waals surface area contributed by atoms with Crippen LogP contribution in [0.25, 0.3) is 22.1 Å². The summed E-state index contributed by atoms with van der Waals surface area (Å²) in [5.74, 6) is 0.189. The molecular weight excluding hydrogens is 338 g/mol. The summed E-state index contributed by atoms with van der Waals surface area (Å²) in [6.45, 7) is 2.85. The SMILES string of the molecule is O=c1oc2c(C[NH+]3CCCC3)c(O)ccc2cc1-c1ccc(Cl)cc1. The maximum atomic E-state index is 12.5. The summed E-state index contributed by atoms with van der Waals surface area (Å²) < 4.78 is 5.64. The molecule has 128 valence electrons. The molecule has 0 aliphatic carbocycles. The van der Waals surface area contributed by atoms with Crippen LogP contribution in [-0.4, -0.2) is 18.2 Å². The first-order chi connectivity index (χ1) is 12.1. The van der Waals surface area contributed by atoms with Gasteiger partial charge in [0.05, 0.1) is 24.2 Å². The van der Waals surface area contributed by atoms with Crippen molar-refractivity contribution in [3.05, 3.63) is 63.5 Å². The van der Waals surface area contributed by atoms with Crippen molar-refractivity contribution in [1.82, 2.24) is 0 Å². The lowest BCUT2D eigenvalue weighted by Crippen LogP contribution is -3.08. The lowest BCUT2D eigenvalue weighted by Gasteiger charge is -2.14. The third kappa shape index (κ3) is 3.15. The molecule has 0 spiro atoms. The molecule has 0 atom stereocenters. The summed E-state index contributed by atoms with van der Waals surface area (Å²) in [6, 6.07) is 12.4. The van der Waals surface area contributed by atoms with Crippen molar-refractivity contribution in [2.24, 2.45) is 0 Å². The first-order valence-electron chi connectivity index (χ1n) is 8.50. The summed E-state index contributed by atoms with van der Waals surface area (Å²) in [7, 11) is 0. The molecule has 2 heterocycles. The number of hydrogen-bond donors (Lipinski definition) is 2. The quantitative estimate of drug-likeness (QED) is 0.709. The number of quaternary nitrogens is 1. The highest BCUT2D eigenvalue weighted by Gasteiger charge is 2.21. The van der Waals surface area contributed by atoms with Crippen molar-refractivity contribution < 1.29 is 14.4 Å². The highest BCUT2D eigenvalue weighted by Crippen LogP contribution is 2.29. The third-order valence-corrected chi connectivity index (χ3v) is 5.13. The van der Waals surface area contributed by atoms with E-state index < -0.39 is 5.63 Å². The summed E-state index contributed by atoms with van der Waals surface area (Å²) >= 11 is 5.92. The fraction of sp³-hybridized carbons (Fsp3) is 0.250. The molecule has 1 aromatic heterocycles. The van der Waals surface area contributed by atoms with Gasteiger partial charge in [0.15, 0.2) is 5.58 Å². The lowest BCUT2D eigenvalue weighted by atomic mass is 10.0. The van der Waals surface area contributed by atoms with Gasteiger partial charge in [-0.15, -0.1) is 0 Å². The number of halogens is 1. The van der Waals surface area contributed by atoms with Crippen LogP contribution in [0, 0.1) is 0 Å². The Morgan fingerprint density at radius 3 is 2.52 bits per heavy atom. The Kier molecular flexibility index (Phi) is 4.24. The summed E-state index contributed by atoms with van der Waals surface area (Å²) in [4.78, 5) is 13.9. The van der Waals surface area contributed by atoms with Crippen LogP contribution < -0.4 is 10.5 Å². The largest absolute Gasteiger partial charge is 0.507 e. The predicted molar refractivity (Wildman–Crippen MR) is 98.2 cm³/mol. The Morgan fingerprint density at radius 2 is 1.80 bits per heavy atom. The van der Waals surface area contributed by atoms with Crippen molar-refractivity contribution in [3.8, 4) is 16.9 Å². The van der Waals surface area contributed by atoms with E-state index in [1.165, 1.54) is 17.7 Å². The molecule has 0 saturated carbocycles. The zero-order valence-electron chi connectivity index (χ0n) is 13.7. The first-order valence-corrected chi connectivity index (χ1v) is 8.88. The van der Waals surface area contributed by atoms with Crippen LogP contribution in [0.1, 0.15) is 18.4 Å². The van der Waals surface area contributed by atoms with E-state index >= 15 is 0 Å². The van der Waals surface area contributed by atoms with Gasteiger partial charge in [0.2, 0.25) is 0 Å². The van der Waals surface area contributed by atoms with Gasteiger partial charge in [0, 0.05) is 23.3 Å². The first kappa shape index (κ1) is 16.2. The van der Waals surface area contributed by atoms with Crippen LogP contribution >= 0.6 is 11.6 Å². The van der Waals surface area contributed by atoms with Gasteiger partial charge in [0.1, 0.15) is 12.3 Å². The average Bonchev–Trinajstić information content (AvgIpc) is 3.11. The zero-order chi connectivity index (χ0) is 17.4. The highest BCUT2D eigenvalue weighted by molar-refractivity contribution is 6.30. The molecule has 4 nitrogen and oxygen atoms in total. The Hall–Kier alpha value is -2.30. The molecule has 5 heteroatoms. The number of hydrogen-bond acceptors (Lipinski definition) is 3. The molecule has 1 fully saturated rings. The summed E-state index contributed by atoms with van der Waals surface area (Å²) in [6.07, 6.45) is 2.40. The standard InChI is InChI=1S/C20H18ClNO3/c21-15-6-3-13(4-7-15)16-11-14-5-8-18(23)17(19(14)25-20(16)24)12-22-9-1-2-10-22/h3-8,11,23H,1-2,9-10,12H2/p+1. The third-order valence-electron chi connectivity index (χ3n) is 4.87. The van der Waals surface area contributed by atoms with E-state index in [2.05, 4.69) is 0 Å². The van der Waals surface area contributed by atoms with Gasteiger partial charge in [-0.2, -0.15) is 0 Å². The predicted octanol–water partition coefficient (Wildman–Crippen LogP) is 3.00.